The molecule has 1 unspecified atom stereocenters. The largest absolute Gasteiger partial charge is 0.426 e. The first kappa shape index (κ1) is 18.4. The van der Waals surface area contributed by atoms with Crippen molar-refractivity contribution < 1.29 is 27.5 Å². The quantitative estimate of drug-likeness (QED) is 0.826. The van der Waals surface area contributed by atoms with Gasteiger partial charge in [0.25, 0.3) is 5.91 Å². The van der Waals surface area contributed by atoms with E-state index in [4.69, 9.17) is 0 Å². The lowest BCUT2D eigenvalue weighted by Gasteiger charge is -2.36. The summed E-state index contributed by atoms with van der Waals surface area (Å²) >= 11 is 0. The lowest BCUT2D eigenvalue weighted by atomic mass is 9.95. The Morgan fingerprint density at radius 2 is 1.88 bits per heavy atom. The first-order valence-corrected chi connectivity index (χ1v) is 7.93. The Balaban J connectivity index is 1.91. The molecule has 140 valence electrons. The molecule has 9 heteroatoms. The average molecular weight is 371 g/mol. The topological polar surface area (TPSA) is 58.4 Å². The Hall–Kier alpha value is -2.42. The highest BCUT2D eigenvalue weighted by molar-refractivity contribution is 5.85. The fourth-order valence-electron chi connectivity index (χ4n) is 3.10. The van der Waals surface area contributed by atoms with E-state index < -0.39 is 23.5 Å². The van der Waals surface area contributed by atoms with Gasteiger partial charge < -0.3 is 10.0 Å². The number of carbonyl (C=O) groups excluding carboxylic acids is 1. The molecule has 1 aromatic heterocycles. The predicted molar refractivity (Wildman–Crippen MR) is 84.0 cm³/mol. The van der Waals surface area contributed by atoms with E-state index in [1.54, 1.807) is 23.7 Å². The number of hydrogen-bond donors (Lipinski definition) is 1. The Labute approximate surface area is 146 Å². The summed E-state index contributed by atoms with van der Waals surface area (Å²) in [4.78, 5) is 13.2. The molecule has 2 atom stereocenters. The van der Waals surface area contributed by atoms with Gasteiger partial charge in [-0.15, -0.1) is 0 Å². The molecule has 5 nitrogen and oxygen atoms in total. The average Bonchev–Trinajstić information content (AvgIpc) is 2.98. The number of carbonyl (C=O) groups is 1. The van der Waals surface area contributed by atoms with Crippen molar-refractivity contribution in [2.24, 2.45) is 0 Å². The first-order valence-electron chi connectivity index (χ1n) is 7.93. The second-order valence-electron chi connectivity index (χ2n) is 6.60. The van der Waals surface area contributed by atoms with Crippen molar-refractivity contribution in [3.63, 3.8) is 0 Å². The highest BCUT2D eigenvalue weighted by Crippen LogP contribution is 2.35. The molecular weight excluding hydrogens is 354 g/mol. The summed E-state index contributed by atoms with van der Waals surface area (Å²) < 4.78 is 53.5. The van der Waals surface area contributed by atoms with E-state index in [9.17, 15) is 27.5 Å². The van der Waals surface area contributed by atoms with Gasteiger partial charge >= 0.3 is 6.18 Å². The predicted octanol–water partition coefficient (Wildman–Crippen LogP) is 2.77. The number of hydrogen-bond acceptors (Lipinski definition) is 3. The number of amides is 1. The van der Waals surface area contributed by atoms with Crippen molar-refractivity contribution in [1.29, 1.82) is 0 Å². The smallest absolute Gasteiger partial charge is 0.373 e. The number of aromatic nitrogens is 2. The van der Waals surface area contributed by atoms with Crippen molar-refractivity contribution in [3.8, 4) is 5.69 Å². The van der Waals surface area contributed by atoms with Gasteiger partial charge in [-0.05, 0) is 31.2 Å². The van der Waals surface area contributed by atoms with Crippen LogP contribution in [-0.4, -0.2) is 44.0 Å². The highest BCUT2D eigenvalue weighted by Gasteiger charge is 2.57. The normalized spacial score (nSPS) is 19.8. The van der Waals surface area contributed by atoms with Crippen molar-refractivity contribution in [2.75, 3.05) is 6.54 Å². The van der Waals surface area contributed by atoms with Gasteiger partial charge in [0.15, 0.2) is 0 Å². The summed E-state index contributed by atoms with van der Waals surface area (Å²) in [7, 11) is 0. The fraction of sp³-hybridized carbons (Fsp3) is 0.412. The van der Waals surface area contributed by atoms with Crippen LogP contribution in [0.1, 0.15) is 31.0 Å². The molecule has 3 rings (SSSR count). The summed E-state index contributed by atoms with van der Waals surface area (Å²) in [6.45, 7) is 2.12. The van der Waals surface area contributed by atoms with Crippen LogP contribution >= 0.6 is 0 Å². The van der Waals surface area contributed by atoms with Gasteiger partial charge in [0.1, 0.15) is 5.82 Å². The zero-order valence-corrected chi connectivity index (χ0v) is 14.1. The maximum Gasteiger partial charge on any atom is 0.426 e. The third-order valence-electron chi connectivity index (χ3n) is 4.54. The Bertz CT molecular complexity index is 828. The number of alkyl halides is 3. The maximum atomic E-state index is 13.1. The maximum absolute atomic E-state index is 13.1. The molecule has 0 aliphatic carbocycles. The van der Waals surface area contributed by atoms with Crippen LogP contribution in [0.25, 0.3) is 5.69 Å². The van der Waals surface area contributed by atoms with Crippen molar-refractivity contribution in [1.82, 2.24) is 14.7 Å². The number of aliphatic hydroxyl groups is 1. The van der Waals surface area contributed by atoms with E-state index in [2.05, 4.69) is 5.10 Å². The molecule has 1 aromatic carbocycles. The van der Waals surface area contributed by atoms with Gasteiger partial charge in [-0.2, -0.15) is 18.3 Å². The van der Waals surface area contributed by atoms with Gasteiger partial charge in [0, 0.05) is 24.6 Å². The van der Waals surface area contributed by atoms with E-state index in [-0.39, 0.29) is 19.0 Å². The summed E-state index contributed by atoms with van der Waals surface area (Å²) in [6, 6.07) is 5.66. The highest BCUT2D eigenvalue weighted by atomic mass is 19.4. The van der Waals surface area contributed by atoms with Gasteiger partial charge in [-0.1, -0.05) is 6.92 Å². The monoisotopic (exact) mass is 371 g/mol. The number of rotatable bonds is 2. The van der Waals surface area contributed by atoms with Crippen LogP contribution in [-0.2, 0) is 11.3 Å². The molecule has 2 aromatic rings. The number of fused-ring (bicyclic) bond motifs is 1. The number of benzene rings is 1. The number of nitrogens with zero attached hydrogens (tertiary/aromatic N) is 3. The van der Waals surface area contributed by atoms with Gasteiger partial charge in [0.05, 0.1) is 17.6 Å². The molecule has 1 amide bonds. The molecule has 2 heterocycles. The van der Waals surface area contributed by atoms with E-state index in [1.165, 1.54) is 18.3 Å². The molecule has 1 aliphatic rings. The standard InChI is InChI=1S/C17H17F4N3O2/c1-10-8-23(15(25)16(2,26)17(19,20)21)9-11-7-22-24(14(10)11)13-5-3-12(18)4-6-13/h3-7,10,26H,8-9H2,1-2H3/t10-,16?/m0/s1. The molecule has 0 saturated carbocycles. The van der Waals surface area contributed by atoms with Crippen LogP contribution in [0.4, 0.5) is 17.6 Å². The van der Waals surface area contributed by atoms with Crippen LogP contribution in [0.2, 0.25) is 0 Å². The van der Waals surface area contributed by atoms with E-state index >= 15 is 0 Å². The summed E-state index contributed by atoms with van der Waals surface area (Å²) in [5.41, 5.74) is -1.51. The second-order valence-corrected chi connectivity index (χ2v) is 6.60. The molecule has 26 heavy (non-hydrogen) atoms. The van der Waals surface area contributed by atoms with E-state index in [0.29, 0.717) is 18.2 Å². The molecule has 0 spiro atoms. The van der Waals surface area contributed by atoms with Gasteiger partial charge in [-0.25, -0.2) is 9.07 Å². The molecular formula is C17H17F4N3O2. The molecule has 0 fully saturated rings. The Kier molecular flexibility index (Phi) is 4.30. The Morgan fingerprint density at radius 1 is 1.27 bits per heavy atom. The van der Waals surface area contributed by atoms with Crippen molar-refractivity contribution in [2.45, 2.75) is 38.1 Å². The summed E-state index contributed by atoms with van der Waals surface area (Å²) in [6.07, 6.45) is -3.59. The van der Waals surface area contributed by atoms with E-state index in [0.717, 1.165) is 10.6 Å². The Morgan fingerprint density at radius 3 is 2.46 bits per heavy atom. The second kappa shape index (κ2) is 6.08. The molecule has 0 radical (unpaired) electrons. The SMILES string of the molecule is C[C@H]1CN(C(=O)C(C)(O)C(F)(F)F)Cc2cnn(-c3ccc(F)cc3)c21. The zero-order chi connectivity index (χ0) is 19.3. The fourth-order valence-corrected chi connectivity index (χ4v) is 3.10. The molecule has 1 N–H and O–H groups in total. The zero-order valence-electron chi connectivity index (χ0n) is 14.1. The third-order valence-corrected chi connectivity index (χ3v) is 4.54. The van der Waals surface area contributed by atoms with E-state index in [1.807, 2.05) is 0 Å². The molecule has 0 saturated heterocycles. The minimum Gasteiger partial charge on any atom is -0.373 e. The van der Waals surface area contributed by atoms with Crippen molar-refractivity contribution in [3.05, 3.63) is 47.5 Å². The molecule has 1 aliphatic heterocycles. The lowest BCUT2D eigenvalue weighted by Crippen LogP contribution is -2.57. The first-order chi connectivity index (χ1) is 12.0. The third kappa shape index (κ3) is 2.96. The van der Waals surface area contributed by atoms with Crippen LogP contribution in [0, 0.1) is 5.82 Å². The minimum atomic E-state index is -5.06. The minimum absolute atomic E-state index is 0.00491. The molecule has 0 bridgehead atoms. The van der Waals surface area contributed by atoms with Gasteiger partial charge in [-0.3, -0.25) is 4.79 Å². The van der Waals surface area contributed by atoms with Crippen LogP contribution in [0.15, 0.2) is 30.5 Å². The number of halogens is 4. The lowest BCUT2D eigenvalue weighted by molar-refractivity contribution is -0.250. The summed E-state index contributed by atoms with van der Waals surface area (Å²) in [5, 5.41) is 13.9. The van der Waals surface area contributed by atoms with Crippen LogP contribution in [0.3, 0.4) is 0 Å². The van der Waals surface area contributed by atoms with Crippen LogP contribution in [0.5, 0.6) is 0 Å². The van der Waals surface area contributed by atoms with Crippen LogP contribution < -0.4 is 0 Å². The summed E-state index contributed by atoms with van der Waals surface area (Å²) in [5.74, 6) is -2.11. The van der Waals surface area contributed by atoms with Crippen molar-refractivity contribution >= 4 is 5.91 Å². The van der Waals surface area contributed by atoms with Gasteiger partial charge in [0.2, 0.25) is 5.60 Å².